The van der Waals surface area contributed by atoms with Gasteiger partial charge in [0.15, 0.2) is 5.96 Å². The van der Waals surface area contributed by atoms with E-state index in [0.717, 1.165) is 35.7 Å². The summed E-state index contributed by atoms with van der Waals surface area (Å²) in [4.78, 5) is 8.82. The molecule has 0 aliphatic heterocycles. The Kier molecular flexibility index (Phi) is 9.88. The summed E-state index contributed by atoms with van der Waals surface area (Å²) in [7, 11) is 0. The van der Waals surface area contributed by atoms with Gasteiger partial charge in [-0.1, -0.05) is 6.92 Å². The van der Waals surface area contributed by atoms with Gasteiger partial charge in [-0.15, -0.1) is 35.3 Å². The van der Waals surface area contributed by atoms with Crippen molar-refractivity contribution in [2.24, 2.45) is 4.99 Å². The standard InChI is InChI=1S/C17H22F2N4S.HI/c1-3-16-23-14(11-24-16)7-8-21-17(20-4-2)22-10-12-9-13(18)5-6-15(12)19;/h5-6,9,11H,3-4,7-8,10H2,1-2H3,(H2,20,21,22);1H. The van der Waals surface area contributed by atoms with Crippen LogP contribution in [0.25, 0.3) is 0 Å². The number of guanidine groups is 1. The first kappa shape index (κ1) is 21.8. The zero-order valence-electron chi connectivity index (χ0n) is 14.3. The lowest BCUT2D eigenvalue weighted by Crippen LogP contribution is -2.38. The van der Waals surface area contributed by atoms with Gasteiger partial charge in [0.05, 0.1) is 17.2 Å². The second-order valence-electron chi connectivity index (χ2n) is 5.19. The lowest BCUT2D eigenvalue weighted by Gasteiger charge is -2.11. The van der Waals surface area contributed by atoms with E-state index in [9.17, 15) is 8.78 Å². The molecule has 0 spiro atoms. The Balaban J connectivity index is 0.00000312. The van der Waals surface area contributed by atoms with Gasteiger partial charge >= 0.3 is 0 Å². The first-order valence-electron chi connectivity index (χ1n) is 8.01. The maximum Gasteiger partial charge on any atom is 0.191 e. The van der Waals surface area contributed by atoms with Crippen molar-refractivity contribution >= 4 is 41.3 Å². The number of nitrogens with one attached hydrogen (secondary N) is 2. The van der Waals surface area contributed by atoms with Gasteiger partial charge in [0.25, 0.3) is 0 Å². The molecule has 2 N–H and O–H groups in total. The van der Waals surface area contributed by atoms with Crippen molar-refractivity contribution < 1.29 is 8.78 Å². The molecular formula is C17H23F2IN4S. The highest BCUT2D eigenvalue weighted by Gasteiger charge is 2.05. The highest BCUT2D eigenvalue weighted by molar-refractivity contribution is 14.0. The molecule has 4 nitrogen and oxygen atoms in total. The number of nitrogens with zero attached hydrogens (tertiary/aromatic N) is 2. The normalized spacial score (nSPS) is 11.1. The molecule has 0 amide bonds. The summed E-state index contributed by atoms with van der Waals surface area (Å²) in [6.45, 7) is 5.48. The van der Waals surface area contributed by atoms with Crippen LogP contribution in [0.2, 0.25) is 0 Å². The van der Waals surface area contributed by atoms with Crippen molar-refractivity contribution in [3.63, 3.8) is 0 Å². The number of thiazole rings is 1. The molecule has 0 aliphatic carbocycles. The molecule has 0 unspecified atom stereocenters. The quantitative estimate of drug-likeness (QED) is 0.359. The minimum atomic E-state index is -0.463. The van der Waals surface area contributed by atoms with Crippen LogP contribution in [-0.4, -0.2) is 24.0 Å². The molecule has 0 saturated carbocycles. The molecule has 0 atom stereocenters. The van der Waals surface area contributed by atoms with E-state index in [4.69, 9.17) is 0 Å². The average Bonchev–Trinajstić information content (AvgIpc) is 3.03. The van der Waals surface area contributed by atoms with Crippen LogP contribution in [0.5, 0.6) is 0 Å². The molecule has 1 aromatic heterocycles. The van der Waals surface area contributed by atoms with Gasteiger partial charge in [-0.2, -0.15) is 0 Å². The molecule has 138 valence electrons. The molecule has 25 heavy (non-hydrogen) atoms. The number of aliphatic imine (C=N–C) groups is 1. The molecule has 8 heteroatoms. The van der Waals surface area contributed by atoms with Crippen LogP contribution in [0, 0.1) is 11.6 Å². The fraction of sp³-hybridized carbons (Fsp3) is 0.412. The van der Waals surface area contributed by atoms with Gasteiger partial charge in [-0.25, -0.2) is 18.8 Å². The molecule has 0 aliphatic rings. The van der Waals surface area contributed by atoms with Crippen LogP contribution in [0.15, 0.2) is 28.6 Å². The number of benzene rings is 1. The van der Waals surface area contributed by atoms with E-state index in [1.54, 1.807) is 11.3 Å². The van der Waals surface area contributed by atoms with E-state index in [1.807, 2.05) is 6.92 Å². The van der Waals surface area contributed by atoms with Gasteiger partial charge in [-0.3, -0.25) is 0 Å². The van der Waals surface area contributed by atoms with Gasteiger partial charge in [0.2, 0.25) is 0 Å². The molecule has 2 aromatic rings. The monoisotopic (exact) mass is 480 g/mol. The molecule has 1 heterocycles. The van der Waals surface area contributed by atoms with Crippen molar-refractivity contribution in [3.05, 3.63) is 51.5 Å². The van der Waals surface area contributed by atoms with Crippen LogP contribution in [0.3, 0.4) is 0 Å². The molecule has 2 rings (SSSR count). The summed E-state index contributed by atoms with van der Waals surface area (Å²) in [6, 6.07) is 3.39. The second kappa shape index (κ2) is 11.3. The molecular weight excluding hydrogens is 457 g/mol. The Morgan fingerprint density at radius 1 is 1.24 bits per heavy atom. The maximum atomic E-state index is 13.6. The average molecular weight is 480 g/mol. The SMILES string of the molecule is CCNC(=NCc1cc(F)ccc1F)NCCc1csc(CC)n1.I. The third-order valence-corrected chi connectivity index (χ3v) is 4.38. The van der Waals surface area contributed by atoms with Gasteiger partial charge in [0.1, 0.15) is 11.6 Å². The van der Waals surface area contributed by atoms with Crippen molar-refractivity contribution in [2.75, 3.05) is 13.1 Å². The molecule has 0 fully saturated rings. The Morgan fingerprint density at radius 2 is 2.04 bits per heavy atom. The molecule has 1 aromatic carbocycles. The van der Waals surface area contributed by atoms with Crippen molar-refractivity contribution in [1.29, 1.82) is 0 Å². The predicted octanol–water partition coefficient (Wildman–Crippen LogP) is 3.90. The summed E-state index contributed by atoms with van der Waals surface area (Å²) in [5.74, 6) is -0.340. The minimum Gasteiger partial charge on any atom is -0.357 e. The Labute approximate surface area is 168 Å². The van der Waals surface area contributed by atoms with Crippen LogP contribution >= 0.6 is 35.3 Å². The smallest absolute Gasteiger partial charge is 0.191 e. The zero-order chi connectivity index (χ0) is 17.4. The van der Waals surface area contributed by atoms with Crippen molar-refractivity contribution in [1.82, 2.24) is 15.6 Å². The Hall–Kier alpha value is -1.29. The number of halogens is 3. The van der Waals surface area contributed by atoms with Crippen LogP contribution < -0.4 is 10.6 Å². The van der Waals surface area contributed by atoms with Crippen molar-refractivity contribution in [3.8, 4) is 0 Å². The molecule has 0 saturated heterocycles. The van der Waals surface area contributed by atoms with Crippen LogP contribution in [0.1, 0.15) is 30.1 Å². The van der Waals surface area contributed by atoms with E-state index in [0.29, 0.717) is 19.0 Å². The van der Waals surface area contributed by atoms with E-state index in [1.165, 1.54) is 6.07 Å². The predicted molar refractivity (Wildman–Crippen MR) is 110 cm³/mol. The summed E-state index contributed by atoms with van der Waals surface area (Å²) < 4.78 is 26.8. The number of aromatic nitrogens is 1. The third-order valence-electron chi connectivity index (χ3n) is 3.33. The fourth-order valence-electron chi connectivity index (χ4n) is 2.11. The highest BCUT2D eigenvalue weighted by atomic mass is 127. The van der Waals surface area contributed by atoms with Crippen molar-refractivity contribution in [2.45, 2.75) is 33.2 Å². The number of hydrogen-bond donors (Lipinski definition) is 2. The Bertz CT molecular complexity index is 691. The largest absolute Gasteiger partial charge is 0.357 e. The van der Waals surface area contributed by atoms with Gasteiger partial charge in [-0.05, 0) is 31.5 Å². The summed E-state index contributed by atoms with van der Waals surface area (Å²) >= 11 is 1.67. The topological polar surface area (TPSA) is 49.3 Å². The van der Waals surface area contributed by atoms with E-state index in [-0.39, 0.29) is 36.1 Å². The first-order chi connectivity index (χ1) is 11.6. The van der Waals surface area contributed by atoms with Gasteiger partial charge < -0.3 is 10.6 Å². The summed E-state index contributed by atoms with van der Waals surface area (Å²) in [5, 5.41) is 9.48. The lowest BCUT2D eigenvalue weighted by molar-refractivity contribution is 0.585. The third kappa shape index (κ3) is 7.23. The van der Waals surface area contributed by atoms with E-state index < -0.39 is 11.6 Å². The van der Waals surface area contributed by atoms with Gasteiger partial charge in [0, 0.05) is 30.5 Å². The zero-order valence-corrected chi connectivity index (χ0v) is 17.5. The highest BCUT2D eigenvalue weighted by Crippen LogP contribution is 2.11. The number of aryl methyl sites for hydroxylation is 1. The maximum absolute atomic E-state index is 13.6. The number of rotatable bonds is 7. The molecule has 0 bridgehead atoms. The van der Waals surface area contributed by atoms with Crippen LogP contribution in [-0.2, 0) is 19.4 Å². The van der Waals surface area contributed by atoms with E-state index >= 15 is 0 Å². The lowest BCUT2D eigenvalue weighted by atomic mass is 10.2. The second-order valence-corrected chi connectivity index (χ2v) is 6.14. The summed E-state index contributed by atoms with van der Waals surface area (Å²) in [6.07, 6.45) is 1.73. The number of hydrogen-bond acceptors (Lipinski definition) is 3. The summed E-state index contributed by atoms with van der Waals surface area (Å²) in [5.41, 5.74) is 1.29. The molecule has 0 radical (unpaired) electrons. The first-order valence-corrected chi connectivity index (χ1v) is 8.89. The van der Waals surface area contributed by atoms with E-state index in [2.05, 4.69) is 32.9 Å². The fourth-order valence-corrected chi connectivity index (χ4v) is 2.88. The Morgan fingerprint density at radius 3 is 2.72 bits per heavy atom. The van der Waals surface area contributed by atoms with Crippen LogP contribution in [0.4, 0.5) is 8.78 Å². The minimum absolute atomic E-state index is 0.